The number of nitrogens with one attached hydrogen (secondary N) is 1. The zero-order chi connectivity index (χ0) is 15.5. The SMILES string of the molecule is CC1CCC(NC(=O)c2ccc(C#N)cc2)(C(=O)O)CC1. The van der Waals surface area contributed by atoms with Crippen LogP contribution in [0.1, 0.15) is 48.5 Å². The quantitative estimate of drug-likeness (QED) is 0.892. The maximum absolute atomic E-state index is 12.2. The normalized spacial score (nSPS) is 24.9. The standard InChI is InChI=1S/C16H18N2O3/c1-11-6-8-16(9-7-11,15(20)21)18-14(19)13-4-2-12(10-17)3-5-13/h2-5,11H,6-9H2,1H3,(H,18,19)(H,20,21). The van der Waals surface area contributed by atoms with Crippen LogP contribution in [-0.4, -0.2) is 22.5 Å². The van der Waals surface area contributed by atoms with Crippen LogP contribution in [-0.2, 0) is 4.79 Å². The zero-order valence-corrected chi connectivity index (χ0v) is 11.9. The maximum atomic E-state index is 12.2. The number of rotatable bonds is 3. The minimum Gasteiger partial charge on any atom is -0.480 e. The molecule has 5 heteroatoms. The third-order valence-electron chi connectivity index (χ3n) is 4.17. The molecule has 1 aromatic rings. The highest BCUT2D eigenvalue weighted by Crippen LogP contribution is 2.32. The Hall–Kier alpha value is -2.35. The number of carboxylic acids is 1. The largest absolute Gasteiger partial charge is 0.480 e. The zero-order valence-electron chi connectivity index (χ0n) is 11.9. The van der Waals surface area contributed by atoms with Crippen LogP contribution < -0.4 is 5.32 Å². The number of hydrogen-bond acceptors (Lipinski definition) is 3. The van der Waals surface area contributed by atoms with Gasteiger partial charge in [0.1, 0.15) is 5.54 Å². The predicted octanol–water partition coefficient (Wildman–Crippen LogP) is 2.32. The van der Waals surface area contributed by atoms with E-state index in [1.54, 1.807) is 12.1 Å². The van der Waals surface area contributed by atoms with Gasteiger partial charge in [0.25, 0.3) is 5.91 Å². The monoisotopic (exact) mass is 286 g/mol. The molecule has 0 atom stereocenters. The highest BCUT2D eigenvalue weighted by Gasteiger charge is 2.42. The van der Waals surface area contributed by atoms with Gasteiger partial charge < -0.3 is 10.4 Å². The summed E-state index contributed by atoms with van der Waals surface area (Å²) in [6.45, 7) is 2.09. The molecule has 0 aromatic heterocycles. The number of nitrogens with zero attached hydrogens (tertiary/aromatic N) is 1. The Bertz CT molecular complexity index is 579. The van der Waals surface area contributed by atoms with E-state index in [2.05, 4.69) is 12.2 Å². The van der Waals surface area contributed by atoms with Crippen molar-refractivity contribution in [2.45, 2.75) is 38.1 Å². The first-order chi connectivity index (χ1) is 9.97. The molecule has 0 bridgehead atoms. The van der Waals surface area contributed by atoms with Crippen molar-refractivity contribution >= 4 is 11.9 Å². The van der Waals surface area contributed by atoms with Crippen molar-refractivity contribution < 1.29 is 14.7 Å². The van der Waals surface area contributed by atoms with Crippen molar-refractivity contribution in [2.75, 3.05) is 0 Å². The summed E-state index contributed by atoms with van der Waals surface area (Å²) in [5, 5.41) is 20.9. The van der Waals surface area contributed by atoms with Gasteiger partial charge in [-0.05, 0) is 55.9 Å². The lowest BCUT2D eigenvalue weighted by Gasteiger charge is -2.36. The Labute approximate surface area is 123 Å². The van der Waals surface area contributed by atoms with E-state index in [4.69, 9.17) is 5.26 Å². The molecule has 0 aliphatic heterocycles. The van der Waals surface area contributed by atoms with Crippen molar-refractivity contribution in [1.82, 2.24) is 5.32 Å². The Balaban J connectivity index is 2.15. The molecule has 5 nitrogen and oxygen atoms in total. The van der Waals surface area contributed by atoms with Crippen molar-refractivity contribution in [3.8, 4) is 6.07 Å². The Morgan fingerprint density at radius 3 is 2.33 bits per heavy atom. The lowest BCUT2D eigenvalue weighted by Crippen LogP contribution is -2.56. The lowest BCUT2D eigenvalue weighted by atomic mass is 9.77. The second-order valence-electron chi connectivity index (χ2n) is 5.71. The number of aliphatic carboxylic acids is 1. The Morgan fingerprint density at radius 1 is 1.29 bits per heavy atom. The molecule has 110 valence electrons. The van der Waals surface area contributed by atoms with E-state index in [-0.39, 0.29) is 0 Å². The van der Waals surface area contributed by atoms with E-state index in [9.17, 15) is 14.7 Å². The average Bonchev–Trinajstić information content (AvgIpc) is 2.49. The van der Waals surface area contributed by atoms with Crippen LogP contribution in [0.25, 0.3) is 0 Å². The smallest absolute Gasteiger partial charge is 0.329 e. The first-order valence-electron chi connectivity index (χ1n) is 7.03. The van der Waals surface area contributed by atoms with Gasteiger partial charge in [0.2, 0.25) is 0 Å². The summed E-state index contributed by atoms with van der Waals surface area (Å²) in [4.78, 5) is 23.8. The topological polar surface area (TPSA) is 90.2 Å². The molecule has 0 radical (unpaired) electrons. The molecule has 0 heterocycles. The van der Waals surface area contributed by atoms with Gasteiger partial charge in [-0.3, -0.25) is 4.79 Å². The molecule has 0 saturated heterocycles. The summed E-state index contributed by atoms with van der Waals surface area (Å²) in [6, 6.07) is 8.15. The molecule has 21 heavy (non-hydrogen) atoms. The third-order valence-corrected chi connectivity index (χ3v) is 4.17. The van der Waals surface area contributed by atoms with Gasteiger partial charge >= 0.3 is 5.97 Å². The van der Waals surface area contributed by atoms with Crippen LogP contribution in [0.3, 0.4) is 0 Å². The van der Waals surface area contributed by atoms with Gasteiger partial charge in [-0.15, -0.1) is 0 Å². The van der Waals surface area contributed by atoms with E-state index in [1.807, 2.05) is 6.07 Å². The molecule has 1 aliphatic carbocycles. The first kappa shape index (κ1) is 15.0. The molecule has 1 amide bonds. The van der Waals surface area contributed by atoms with Crippen LogP contribution in [0, 0.1) is 17.2 Å². The van der Waals surface area contributed by atoms with E-state index >= 15 is 0 Å². The molecular formula is C16H18N2O3. The van der Waals surface area contributed by atoms with Gasteiger partial charge in [-0.25, -0.2) is 4.79 Å². The van der Waals surface area contributed by atoms with E-state index in [1.165, 1.54) is 12.1 Å². The molecule has 2 N–H and O–H groups in total. The summed E-state index contributed by atoms with van der Waals surface area (Å²) in [5.41, 5.74) is -0.337. The number of benzene rings is 1. The van der Waals surface area contributed by atoms with Gasteiger partial charge in [0, 0.05) is 5.56 Å². The fraction of sp³-hybridized carbons (Fsp3) is 0.438. The number of carbonyl (C=O) groups is 2. The van der Waals surface area contributed by atoms with Crippen molar-refractivity contribution in [2.24, 2.45) is 5.92 Å². The number of nitriles is 1. The summed E-state index contributed by atoms with van der Waals surface area (Å²) in [5.74, 6) is -0.892. The summed E-state index contributed by atoms with van der Waals surface area (Å²) in [7, 11) is 0. The number of amides is 1. The van der Waals surface area contributed by atoms with Crippen molar-refractivity contribution in [3.63, 3.8) is 0 Å². The van der Waals surface area contributed by atoms with Crippen LogP contribution in [0.15, 0.2) is 24.3 Å². The maximum Gasteiger partial charge on any atom is 0.329 e. The number of carboxylic acid groups (broad SMARTS) is 1. The van der Waals surface area contributed by atoms with Gasteiger partial charge in [-0.2, -0.15) is 5.26 Å². The van der Waals surface area contributed by atoms with Gasteiger partial charge in [0.05, 0.1) is 11.6 Å². The van der Waals surface area contributed by atoms with E-state index < -0.39 is 17.4 Å². The molecule has 2 rings (SSSR count). The third kappa shape index (κ3) is 3.22. The summed E-state index contributed by atoms with van der Waals surface area (Å²) >= 11 is 0. The molecule has 1 aliphatic rings. The van der Waals surface area contributed by atoms with Crippen LogP contribution in [0.4, 0.5) is 0 Å². The van der Waals surface area contributed by atoms with Crippen LogP contribution in [0.5, 0.6) is 0 Å². The Morgan fingerprint density at radius 2 is 1.86 bits per heavy atom. The Kier molecular flexibility index (Phi) is 4.27. The first-order valence-corrected chi connectivity index (χ1v) is 7.03. The highest BCUT2D eigenvalue weighted by atomic mass is 16.4. The second-order valence-corrected chi connectivity index (χ2v) is 5.71. The molecular weight excluding hydrogens is 268 g/mol. The average molecular weight is 286 g/mol. The molecule has 1 saturated carbocycles. The highest BCUT2D eigenvalue weighted by molar-refractivity contribution is 5.98. The minimum atomic E-state index is -1.17. The van der Waals surface area contributed by atoms with Crippen molar-refractivity contribution in [3.05, 3.63) is 35.4 Å². The predicted molar refractivity (Wildman–Crippen MR) is 76.6 cm³/mol. The van der Waals surface area contributed by atoms with E-state index in [0.29, 0.717) is 29.9 Å². The number of carbonyl (C=O) groups excluding carboxylic acids is 1. The van der Waals surface area contributed by atoms with Crippen LogP contribution in [0.2, 0.25) is 0 Å². The summed E-state index contributed by atoms with van der Waals surface area (Å²) < 4.78 is 0. The van der Waals surface area contributed by atoms with E-state index in [0.717, 1.165) is 12.8 Å². The fourth-order valence-electron chi connectivity index (χ4n) is 2.63. The van der Waals surface area contributed by atoms with Gasteiger partial charge in [-0.1, -0.05) is 6.92 Å². The second kappa shape index (κ2) is 5.96. The van der Waals surface area contributed by atoms with Crippen molar-refractivity contribution in [1.29, 1.82) is 5.26 Å². The summed E-state index contributed by atoms with van der Waals surface area (Å²) in [6.07, 6.45) is 2.48. The fourth-order valence-corrected chi connectivity index (χ4v) is 2.63. The minimum absolute atomic E-state index is 0.369. The lowest BCUT2D eigenvalue weighted by molar-refractivity contribution is -0.146. The molecule has 1 fully saturated rings. The molecule has 1 aromatic carbocycles. The molecule has 0 unspecified atom stereocenters. The van der Waals surface area contributed by atoms with Gasteiger partial charge in [0.15, 0.2) is 0 Å². The van der Waals surface area contributed by atoms with Crippen LogP contribution >= 0.6 is 0 Å². The molecule has 0 spiro atoms. The number of hydrogen-bond donors (Lipinski definition) is 2.